The van der Waals surface area contributed by atoms with Crippen LogP contribution in [0.1, 0.15) is 10.4 Å². The fourth-order valence-corrected chi connectivity index (χ4v) is 1.06. The Morgan fingerprint density at radius 2 is 2.12 bits per heavy atom. The minimum absolute atomic E-state index is 0.131. The summed E-state index contributed by atoms with van der Waals surface area (Å²) in [5.74, 6) is -3.28. The van der Waals surface area contributed by atoms with Gasteiger partial charge in [-0.25, -0.2) is 0 Å². The van der Waals surface area contributed by atoms with Crippen LogP contribution >= 0.6 is 11.6 Å². The molecule has 7 heteroatoms. The molecule has 0 spiro atoms. The van der Waals surface area contributed by atoms with Crippen LogP contribution in [0, 0.1) is 0 Å². The molecule has 0 amide bonds. The molecule has 0 saturated carbocycles. The molecule has 0 aliphatic carbocycles. The lowest BCUT2D eigenvalue weighted by atomic mass is 10.2. The zero-order valence-corrected chi connectivity index (χ0v) is 8.33. The van der Waals surface area contributed by atoms with Gasteiger partial charge in [0.2, 0.25) is 0 Å². The fraction of sp³-hybridized carbons (Fsp3) is 0.111. The molecule has 0 bridgehead atoms. The first-order valence-corrected chi connectivity index (χ1v) is 4.27. The molecule has 1 rings (SSSR count). The van der Waals surface area contributed by atoms with Gasteiger partial charge in [0.1, 0.15) is 5.75 Å². The van der Waals surface area contributed by atoms with E-state index in [0.29, 0.717) is 0 Å². The van der Waals surface area contributed by atoms with Crippen molar-refractivity contribution < 1.29 is 28.2 Å². The molecular formula is C9H4ClF2O4-. The number of alkyl halides is 2. The maximum atomic E-state index is 12.6. The van der Waals surface area contributed by atoms with E-state index < -0.39 is 17.8 Å². The Morgan fingerprint density at radius 1 is 1.50 bits per heavy atom. The van der Waals surface area contributed by atoms with E-state index in [0.717, 1.165) is 12.1 Å². The highest BCUT2D eigenvalue weighted by Crippen LogP contribution is 2.26. The summed E-state index contributed by atoms with van der Waals surface area (Å²) in [6.45, 7) is 0. The van der Waals surface area contributed by atoms with E-state index in [1.165, 1.54) is 6.07 Å². The lowest BCUT2D eigenvalue weighted by Gasteiger charge is -2.19. The lowest BCUT2D eigenvalue weighted by Crippen LogP contribution is -2.45. The SMILES string of the molecule is O=Cc1cc(Cl)ccc1OC(F)(F)C(=O)[O-]. The first kappa shape index (κ1) is 12.4. The third kappa shape index (κ3) is 2.66. The van der Waals surface area contributed by atoms with Gasteiger partial charge in [0.25, 0.3) is 0 Å². The molecule has 0 aliphatic heterocycles. The molecule has 1 aromatic carbocycles. The number of halogens is 3. The monoisotopic (exact) mass is 249 g/mol. The van der Waals surface area contributed by atoms with Crippen molar-refractivity contribution in [3.63, 3.8) is 0 Å². The van der Waals surface area contributed by atoms with Crippen LogP contribution in [0.25, 0.3) is 0 Å². The van der Waals surface area contributed by atoms with E-state index in [2.05, 4.69) is 4.74 Å². The minimum Gasteiger partial charge on any atom is -0.541 e. The number of aliphatic carboxylic acids is 1. The zero-order chi connectivity index (χ0) is 12.3. The molecule has 1 aromatic rings. The molecule has 4 nitrogen and oxygen atoms in total. The van der Waals surface area contributed by atoms with Gasteiger partial charge >= 0.3 is 6.11 Å². The Bertz CT molecular complexity index is 434. The zero-order valence-electron chi connectivity index (χ0n) is 7.58. The summed E-state index contributed by atoms with van der Waals surface area (Å²) in [7, 11) is 0. The maximum Gasteiger partial charge on any atom is 0.441 e. The van der Waals surface area contributed by atoms with Crippen molar-refractivity contribution >= 4 is 23.9 Å². The molecule has 0 aliphatic rings. The number of aldehydes is 1. The van der Waals surface area contributed by atoms with Crippen LogP contribution in [0.2, 0.25) is 5.02 Å². The van der Waals surface area contributed by atoms with Crippen molar-refractivity contribution in [1.29, 1.82) is 0 Å². The van der Waals surface area contributed by atoms with Crippen LogP contribution in [-0.2, 0) is 4.79 Å². The van der Waals surface area contributed by atoms with Crippen LogP contribution in [0.15, 0.2) is 18.2 Å². The predicted molar refractivity (Wildman–Crippen MR) is 47.4 cm³/mol. The second kappa shape index (κ2) is 4.44. The molecule has 16 heavy (non-hydrogen) atoms. The van der Waals surface area contributed by atoms with Gasteiger partial charge in [-0.3, -0.25) is 4.79 Å². The van der Waals surface area contributed by atoms with Gasteiger partial charge < -0.3 is 14.6 Å². The Labute approximate surface area is 93.4 Å². The third-order valence-corrected chi connectivity index (χ3v) is 1.81. The summed E-state index contributed by atoms with van der Waals surface area (Å²) in [5, 5.41) is 10.1. The van der Waals surface area contributed by atoms with E-state index >= 15 is 0 Å². The summed E-state index contributed by atoms with van der Waals surface area (Å²) in [6, 6.07) is 3.20. The first-order valence-electron chi connectivity index (χ1n) is 3.90. The van der Waals surface area contributed by atoms with Gasteiger partial charge in [-0.15, -0.1) is 0 Å². The number of carboxylic acids is 1. The molecule has 0 heterocycles. The van der Waals surface area contributed by atoms with Crippen LogP contribution in [0.3, 0.4) is 0 Å². The van der Waals surface area contributed by atoms with Gasteiger partial charge in [-0.2, -0.15) is 8.78 Å². The van der Waals surface area contributed by atoms with E-state index in [1.807, 2.05) is 0 Å². The third-order valence-electron chi connectivity index (χ3n) is 1.57. The molecule has 86 valence electrons. The molecule has 0 unspecified atom stereocenters. The molecular weight excluding hydrogens is 246 g/mol. The van der Waals surface area contributed by atoms with Crippen LogP contribution < -0.4 is 9.84 Å². The van der Waals surface area contributed by atoms with Crippen LogP contribution in [-0.4, -0.2) is 18.4 Å². The highest BCUT2D eigenvalue weighted by molar-refractivity contribution is 6.30. The minimum atomic E-state index is -4.51. The van der Waals surface area contributed by atoms with Crippen molar-refractivity contribution in [2.24, 2.45) is 0 Å². The summed E-state index contributed by atoms with van der Waals surface area (Å²) in [6.07, 6.45) is -4.29. The predicted octanol–water partition coefficient (Wildman–Crippen LogP) is 0.874. The van der Waals surface area contributed by atoms with Gasteiger partial charge in [0, 0.05) is 5.02 Å². The number of carboxylic acid groups (broad SMARTS) is 1. The van der Waals surface area contributed by atoms with E-state index in [-0.39, 0.29) is 16.9 Å². The summed E-state index contributed by atoms with van der Waals surface area (Å²) >= 11 is 5.50. The largest absolute Gasteiger partial charge is 0.541 e. The number of ether oxygens (including phenoxy) is 1. The van der Waals surface area contributed by atoms with Gasteiger partial charge in [-0.1, -0.05) is 11.6 Å². The number of hydrogen-bond acceptors (Lipinski definition) is 4. The smallest absolute Gasteiger partial charge is 0.441 e. The van der Waals surface area contributed by atoms with Crippen LogP contribution in [0.5, 0.6) is 5.75 Å². The van der Waals surface area contributed by atoms with E-state index in [4.69, 9.17) is 11.6 Å². The van der Waals surface area contributed by atoms with E-state index in [9.17, 15) is 23.5 Å². The van der Waals surface area contributed by atoms with Gasteiger partial charge in [-0.05, 0) is 18.2 Å². The van der Waals surface area contributed by atoms with Gasteiger partial charge in [0.05, 0.1) is 5.56 Å². The molecule has 0 radical (unpaired) electrons. The molecule has 0 fully saturated rings. The van der Waals surface area contributed by atoms with E-state index in [1.54, 1.807) is 0 Å². The maximum absolute atomic E-state index is 12.6. The molecule has 0 N–H and O–H groups in total. The van der Waals surface area contributed by atoms with Gasteiger partial charge in [0.15, 0.2) is 12.3 Å². The first-order chi connectivity index (χ1) is 7.36. The average molecular weight is 250 g/mol. The normalized spacial score (nSPS) is 10.9. The van der Waals surface area contributed by atoms with Crippen molar-refractivity contribution in [3.8, 4) is 5.75 Å². The van der Waals surface area contributed by atoms with Crippen molar-refractivity contribution in [2.45, 2.75) is 6.11 Å². The summed E-state index contributed by atoms with van der Waals surface area (Å²) in [4.78, 5) is 20.5. The Hall–Kier alpha value is -1.69. The van der Waals surface area contributed by atoms with Crippen molar-refractivity contribution in [1.82, 2.24) is 0 Å². The fourth-order valence-electron chi connectivity index (χ4n) is 0.884. The Morgan fingerprint density at radius 3 is 2.62 bits per heavy atom. The average Bonchev–Trinajstić information content (AvgIpc) is 2.20. The molecule has 0 saturated heterocycles. The van der Waals surface area contributed by atoms with Crippen molar-refractivity contribution in [3.05, 3.63) is 28.8 Å². The van der Waals surface area contributed by atoms with Crippen molar-refractivity contribution in [2.75, 3.05) is 0 Å². The Kier molecular flexibility index (Phi) is 3.44. The molecule has 0 atom stereocenters. The second-order valence-electron chi connectivity index (χ2n) is 2.71. The summed E-state index contributed by atoms with van der Waals surface area (Å²) < 4.78 is 29.1. The summed E-state index contributed by atoms with van der Waals surface area (Å²) in [5.41, 5.74) is -0.284. The number of rotatable bonds is 4. The lowest BCUT2D eigenvalue weighted by molar-refractivity contribution is -0.350. The highest BCUT2D eigenvalue weighted by Gasteiger charge is 2.34. The topological polar surface area (TPSA) is 66.4 Å². The number of hydrogen-bond donors (Lipinski definition) is 0. The molecule has 0 aromatic heterocycles. The Balaban J connectivity index is 3.06. The second-order valence-corrected chi connectivity index (χ2v) is 3.14. The standard InChI is InChI=1S/C9H5ClF2O4/c10-6-1-2-7(5(3-6)4-13)16-9(11,12)8(14)15/h1-4H,(H,14,15)/p-1. The quantitative estimate of drug-likeness (QED) is 0.743. The number of carbonyl (C=O) groups excluding carboxylic acids is 2. The number of benzene rings is 1. The van der Waals surface area contributed by atoms with Crippen LogP contribution in [0.4, 0.5) is 8.78 Å². The number of carbonyl (C=O) groups is 2. The highest BCUT2D eigenvalue weighted by atomic mass is 35.5.